The lowest BCUT2D eigenvalue weighted by atomic mass is 10.1. The van der Waals surface area contributed by atoms with E-state index in [1.165, 1.54) is 22.2 Å². The third-order valence-electron chi connectivity index (χ3n) is 5.19. The van der Waals surface area contributed by atoms with E-state index in [-0.39, 0.29) is 12.4 Å². The van der Waals surface area contributed by atoms with Crippen LogP contribution in [0.15, 0.2) is 53.5 Å². The van der Waals surface area contributed by atoms with Crippen molar-refractivity contribution in [3.05, 3.63) is 59.0 Å². The molecule has 3 aromatic heterocycles. The van der Waals surface area contributed by atoms with Crippen LogP contribution >= 0.6 is 11.3 Å². The average molecular weight is 441 g/mol. The summed E-state index contributed by atoms with van der Waals surface area (Å²) in [7, 11) is 0. The minimum atomic E-state index is -1.68. The number of aliphatic hydroxyl groups excluding tert-OH is 1. The minimum Gasteiger partial charge on any atom is -0.387 e. The molecule has 1 aliphatic rings. The first-order valence-electron chi connectivity index (χ1n) is 9.73. The van der Waals surface area contributed by atoms with Crippen LogP contribution in [0.5, 0.6) is 0 Å². The van der Waals surface area contributed by atoms with Crippen molar-refractivity contribution < 1.29 is 19.0 Å². The SMILES string of the molecule is Nc1nc(-c2ccsc2)nc2c1ncn2[C@@H]1O[C@H](COCc2ccccc2)[C@@H](O)[C@@H]1F. The number of imidazole rings is 1. The molecule has 10 heteroatoms. The molecule has 0 spiro atoms. The fourth-order valence-electron chi connectivity index (χ4n) is 3.58. The summed E-state index contributed by atoms with van der Waals surface area (Å²) >= 11 is 1.51. The molecule has 1 aliphatic heterocycles. The number of ether oxygens (including phenoxy) is 2. The lowest BCUT2D eigenvalue weighted by Crippen LogP contribution is -2.31. The van der Waals surface area contributed by atoms with Crippen LogP contribution in [0.4, 0.5) is 10.2 Å². The van der Waals surface area contributed by atoms with Crippen LogP contribution in [-0.2, 0) is 16.1 Å². The number of nitrogen functional groups attached to an aromatic ring is 1. The quantitative estimate of drug-likeness (QED) is 0.474. The normalized spacial score (nSPS) is 23.5. The Morgan fingerprint density at radius 1 is 1.23 bits per heavy atom. The monoisotopic (exact) mass is 441 g/mol. The number of rotatable bonds is 6. The van der Waals surface area contributed by atoms with Crippen molar-refractivity contribution in [3.63, 3.8) is 0 Å². The summed E-state index contributed by atoms with van der Waals surface area (Å²) in [6, 6.07) is 11.5. The van der Waals surface area contributed by atoms with Crippen LogP contribution in [0.2, 0.25) is 0 Å². The molecule has 1 fully saturated rings. The van der Waals surface area contributed by atoms with Gasteiger partial charge in [-0.15, -0.1) is 0 Å². The Balaban J connectivity index is 1.37. The molecule has 0 radical (unpaired) electrons. The van der Waals surface area contributed by atoms with Crippen molar-refractivity contribution in [2.24, 2.45) is 0 Å². The molecule has 0 aliphatic carbocycles. The second kappa shape index (κ2) is 8.31. The lowest BCUT2D eigenvalue weighted by molar-refractivity contribution is -0.0660. The van der Waals surface area contributed by atoms with Gasteiger partial charge >= 0.3 is 0 Å². The lowest BCUT2D eigenvalue weighted by Gasteiger charge is -2.16. The molecular formula is C21H20FN5O3S. The summed E-state index contributed by atoms with van der Waals surface area (Å²) in [5.41, 5.74) is 8.55. The Labute approximate surface area is 181 Å². The van der Waals surface area contributed by atoms with Crippen LogP contribution in [0.1, 0.15) is 11.8 Å². The van der Waals surface area contributed by atoms with Gasteiger partial charge in [-0.25, -0.2) is 19.3 Å². The molecule has 3 N–H and O–H groups in total. The summed E-state index contributed by atoms with van der Waals surface area (Å²) in [5.74, 6) is 0.617. The second-order valence-corrected chi connectivity index (χ2v) is 8.05. The molecule has 1 saturated heterocycles. The molecule has 4 heterocycles. The number of halogens is 1. The maximum atomic E-state index is 15.0. The Hall–Kier alpha value is -2.92. The van der Waals surface area contributed by atoms with Gasteiger partial charge in [-0.3, -0.25) is 4.57 Å². The zero-order valence-corrected chi connectivity index (χ0v) is 17.2. The molecule has 0 unspecified atom stereocenters. The minimum absolute atomic E-state index is 0.0525. The van der Waals surface area contributed by atoms with E-state index >= 15 is 0 Å². The molecule has 0 amide bonds. The number of alkyl halides is 1. The van der Waals surface area contributed by atoms with Crippen molar-refractivity contribution in [2.45, 2.75) is 31.2 Å². The Morgan fingerprint density at radius 3 is 2.84 bits per heavy atom. The number of hydrogen-bond donors (Lipinski definition) is 2. The predicted molar refractivity (Wildman–Crippen MR) is 114 cm³/mol. The van der Waals surface area contributed by atoms with Crippen molar-refractivity contribution >= 4 is 28.3 Å². The number of nitrogens with zero attached hydrogens (tertiary/aromatic N) is 4. The van der Waals surface area contributed by atoms with Gasteiger partial charge in [0, 0.05) is 10.9 Å². The van der Waals surface area contributed by atoms with Crippen LogP contribution < -0.4 is 5.73 Å². The van der Waals surface area contributed by atoms with Gasteiger partial charge in [-0.2, -0.15) is 11.3 Å². The van der Waals surface area contributed by atoms with Crippen molar-refractivity contribution in [3.8, 4) is 11.4 Å². The van der Waals surface area contributed by atoms with E-state index in [2.05, 4.69) is 15.0 Å². The number of aliphatic hydroxyl groups is 1. The third kappa shape index (κ3) is 3.79. The highest BCUT2D eigenvalue weighted by Crippen LogP contribution is 2.35. The number of thiophene rings is 1. The van der Waals surface area contributed by atoms with Gasteiger partial charge in [0.2, 0.25) is 0 Å². The number of hydrogen-bond acceptors (Lipinski definition) is 8. The highest BCUT2D eigenvalue weighted by atomic mass is 32.1. The van der Waals surface area contributed by atoms with Gasteiger partial charge in [-0.05, 0) is 17.0 Å². The Bertz CT molecular complexity index is 1170. The largest absolute Gasteiger partial charge is 0.387 e. The Kier molecular flexibility index (Phi) is 5.36. The third-order valence-corrected chi connectivity index (χ3v) is 5.87. The van der Waals surface area contributed by atoms with Gasteiger partial charge in [0.05, 0.1) is 19.5 Å². The highest BCUT2D eigenvalue weighted by molar-refractivity contribution is 7.08. The van der Waals surface area contributed by atoms with E-state index in [9.17, 15) is 9.50 Å². The first-order valence-corrected chi connectivity index (χ1v) is 10.7. The van der Waals surface area contributed by atoms with E-state index in [0.717, 1.165) is 11.1 Å². The standard InChI is InChI=1S/C21H20FN5O3S/c22-15-17(28)14(9-29-8-12-4-2-1-3-5-12)30-21(15)27-11-24-16-18(23)25-19(26-20(16)27)13-6-7-31-10-13/h1-7,10-11,14-15,17,21,28H,8-9H2,(H2,23,25,26)/t14-,15+,17-,21-/m1/s1. The van der Waals surface area contributed by atoms with E-state index in [0.29, 0.717) is 23.6 Å². The van der Waals surface area contributed by atoms with E-state index < -0.39 is 24.6 Å². The average Bonchev–Trinajstić information content (AvgIpc) is 3.51. The van der Waals surface area contributed by atoms with E-state index in [4.69, 9.17) is 15.2 Å². The summed E-state index contributed by atoms with van der Waals surface area (Å²) in [6.45, 7) is 0.397. The first kappa shape index (κ1) is 20.0. The molecule has 160 valence electrons. The molecular weight excluding hydrogens is 421 g/mol. The van der Waals surface area contributed by atoms with Crippen LogP contribution in [0.25, 0.3) is 22.6 Å². The van der Waals surface area contributed by atoms with Gasteiger partial charge in [0.25, 0.3) is 0 Å². The smallest absolute Gasteiger partial charge is 0.173 e. The molecule has 1 aromatic carbocycles. The maximum Gasteiger partial charge on any atom is 0.173 e. The van der Waals surface area contributed by atoms with E-state index in [1.54, 1.807) is 0 Å². The summed E-state index contributed by atoms with van der Waals surface area (Å²) in [4.78, 5) is 13.0. The van der Waals surface area contributed by atoms with Crippen molar-refractivity contribution in [1.82, 2.24) is 19.5 Å². The van der Waals surface area contributed by atoms with Gasteiger partial charge in [0.1, 0.15) is 17.7 Å². The zero-order chi connectivity index (χ0) is 21.4. The zero-order valence-electron chi connectivity index (χ0n) is 16.3. The van der Waals surface area contributed by atoms with Gasteiger partial charge in [-0.1, -0.05) is 30.3 Å². The van der Waals surface area contributed by atoms with Gasteiger partial charge < -0.3 is 20.3 Å². The molecule has 4 aromatic rings. The molecule has 31 heavy (non-hydrogen) atoms. The summed E-state index contributed by atoms with van der Waals surface area (Å²) in [5, 5.41) is 14.2. The molecule has 0 bridgehead atoms. The van der Waals surface area contributed by atoms with Crippen molar-refractivity contribution in [1.29, 1.82) is 0 Å². The summed E-state index contributed by atoms with van der Waals surface area (Å²) in [6.07, 6.45) is -3.53. The fourth-order valence-corrected chi connectivity index (χ4v) is 4.21. The topological polar surface area (TPSA) is 108 Å². The van der Waals surface area contributed by atoms with Crippen LogP contribution in [0, 0.1) is 0 Å². The Morgan fingerprint density at radius 2 is 2.06 bits per heavy atom. The number of fused-ring (bicyclic) bond motifs is 1. The van der Waals surface area contributed by atoms with Gasteiger partial charge in [0.15, 0.2) is 29.7 Å². The van der Waals surface area contributed by atoms with Crippen LogP contribution in [-0.4, -0.2) is 49.6 Å². The molecule has 4 atom stereocenters. The number of nitrogens with two attached hydrogens (primary N) is 1. The number of aromatic nitrogens is 4. The molecule has 0 saturated carbocycles. The second-order valence-electron chi connectivity index (χ2n) is 7.27. The molecule has 5 rings (SSSR count). The number of benzene rings is 1. The number of anilines is 1. The maximum absolute atomic E-state index is 15.0. The highest BCUT2D eigenvalue weighted by Gasteiger charge is 2.46. The molecule has 8 nitrogen and oxygen atoms in total. The van der Waals surface area contributed by atoms with Crippen LogP contribution in [0.3, 0.4) is 0 Å². The van der Waals surface area contributed by atoms with E-state index in [1.807, 2.05) is 47.2 Å². The summed E-state index contributed by atoms with van der Waals surface area (Å²) < 4.78 is 27.9. The fraction of sp³-hybridized carbons (Fsp3) is 0.286. The predicted octanol–water partition coefficient (Wildman–Crippen LogP) is 2.95. The first-order chi connectivity index (χ1) is 15.1. The van der Waals surface area contributed by atoms with Crippen molar-refractivity contribution in [2.75, 3.05) is 12.3 Å².